The lowest BCUT2D eigenvalue weighted by atomic mass is 10.0. The van der Waals surface area contributed by atoms with Crippen LogP contribution < -0.4 is 10.6 Å². The predicted octanol–water partition coefficient (Wildman–Crippen LogP) is 4.51. The Balaban J connectivity index is 0.00000420. The van der Waals surface area contributed by atoms with Gasteiger partial charge in [-0.2, -0.15) is 4.98 Å². The summed E-state index contributed by atoms with van der Waals surface area (Å²) in [5.74, 6) is 2.17. The van der Waals surface area contributed by atoms with E-state index in [2.05, 4.69) is 39.6 Å². The van der Waals surface area contributed by atoms with Gasteiger partial charge >= 0.3 is 0 Å². The number of halogens is 2. The normalized spacial score (nSPS) is 12.6. The summed E-state index contributed by atoms with van der Waals surface area (Å²) in [6.07, 6.45) is 1.15. The van der Waals surface area contributed by atoms with Crippen LogP contribution in [-0.2, 0) is 11.3 Å². The molecule has 7 nitrogen and oxygen atoms in total. The van der Waals surface area contributed by atoms with Gasteiger partial charge < -0.3 is 19.9 Å². The van der Waals surface area contributed by atoms with E-state index in [9.17, 15) is 0 Å². The number of aliphatic imine (C=N–C) groups is 1. The second-order valence-electron chi connectivity index (χ2n) is 6.67. The maximum atomic E-state index is 5.91. The number of hydrogen-bond donors (Lipinski definition) is 2. The van der Waals surface area contributed by atoms with E-state index < -0.39 is 0 Å². The van der Waals surface area contributed by atoms with Crippen molar-refractivity contribution in [2.24, 2.45) is 10.9 Å². The van der Waals surface area contributed by atoms with Crippen molar-refractivity contribution in [2.45, 2.75) is 46.8 Å². The minimum Gasteiger partial charge on any atom is -0.378 e. The molecule has 29 heavy (non-hydrogen) atoms. The molecule has 0 aliphatic heterocycles. The first-order chi connectivity index (χ1) is 13.5. The summed E-state index contributed by atoms with van der Waals surface area (Å²) < 4.78 is 11.1. The molecule has 2 N–H and O–H groups in total. The fourth-order valence-electron chi connectivity index (χ4n) is 2.68. The van der Waals surface area contributed by atoms with Gasteiger partial charge in [0.1, 0.15) is 6.54 Å². The van der Waals surface area contributed by atoms with Crippen molar-refractivity contribution in [3.8, 4) is 11.4 Å². The Bertz CT molecular complexity index is 737. The Morgan fingerprint density at radius 2 is 1.93 bits per heavy atom. The fourth-order valence-corrected chi connectivity index (χ4v) is 2.81. The van der Waals surface area contributed by atoms with Crippen LogP contribution in [0.25, 0.3) is 11.4 Å². The zero-order valence-electron chi connectivity index (χ0n) is 17.4. The van der Waals surface area contributed by atoms with Gasteiger partial charge in [0.2, 0.25) is 11.7 Å². The Hall–Kier alpha value is -1.39. The highest BCUT2D eigenvalue weighted by Gasteiger charge is 2.13. The molecule has 1 atom stereocenters. The average Bonchev–Trinajstić information content (AvgIpc) is 3.14. The number of hydrogen-bond acceptors (Lipinski definition) is 5. The van der Waals surface area contributed by atoms with E-state index in [0.29, 0.717) is 35.2 Å². The molecule has 2 rings (SSSR count). The molecule has 0 saturated heterocycles. The Morgan fingerprint density at radius 3 is 2.55 bits per heavy atom. The van der Waals surface area contributed by atoms with E-state index in [4.69, 9.17) is 20.9 Å². The molecule has 162 valence electrons. The van der Waals surface area contributed by atoms with Gasteiger partial charge in [0, 0.05) is 30.3 Å². The second-order valence-corrected chi connectivity index (χ2v) is 7.10. The molecule has 0 saturated carbocycles. The maximum absolute atomic E-state index is 5.91. The third-order valence-electron chi connectivity index (χ3n) is 4.13. The van der Waals surface area contributed by atoms with Gasteiger partial charge in [-0.1, -0.05) is 30.6 Å². The van der Waals surface area contributed by atoms with Gasteiger partial charge in [-0.3, -0.25) is 0 Å². The summed E-state index contributed by atoms with van der Waals surface area (Å²) in [6.45, 7) is 11.0. The second kappa shape index (κ2) is 13.8. The van der Waals surface area contributed by atoms with E-state index in [1.165, 1.54) is 0 Å². The van der Waals surface area contributed by atoms with E-state index in [1.807, 2.05) is 26.0 Å². The van der Waals surface area contributed by atoms with Crippen LogP contribution in [0.1, 0.15) is 40.0 Å². The van der Waals surface area contributed by atoms with E-state index in [1.54, 1.807) is 12.1 Å². The monoisotopic (exact) mass is 535 g/mol. The smallest absolute Gasteiger partial charge is 0.248 e. The summed E-state index contributed by atoms with van der Waals surface area (Å²) in [5.41, 5.74) is 0.851. The summed E-state index contributed by atoms with van der Waals surface area (Å²) in [6, 6.07) is 7.31. The average molecular weight is 536 g/mol. The Kier molecular flexibility index (Phi) is 12.2. The first kappa shape index (κ1) is 25.6. The van der Waals surface area contributed by atoms with E-state index in [-0.39, 0.29) is 30.1 Å². The fraction of sp³-hybridized carbons (Fsp3) is 0.550. The molecule has 1 aromatic heterocycles. The minimum absolute atomic E-state index is 0. The van der Waals surface area contributed by atoms with Crippen LogP contribution in [0, 0.1) is 5.92 Å². The number of benzene rings is 1. The van der Waals surface area contributed by atoms with Crippen LogP contribution in [0.3, 0.4) is 0 Å². The van der Waals surface area contributed by atoms with E-state index in [0.717, 1.165) is 31.7 Å². The highest BCUT2D eigenvalue weighted by molar-refractivity contribution is 14.0. The largest absolute Gasteiger partial charge is 0.378 e. The number of nitrogens with one attached hydrogen (secondary N) is 2. The summed E-state index contributed by atoms with van der Waals surface area (Å²) in [7, 11) is 0. The maximum Gasteiger partial charge on any atom is 0.248 e. The Labute approximate surface area is 195 Å². The molecular weight excluding hydrogens is 505 g/mol. The molecule has 0 fully saturated rings. The molecule has 0 radical (unpaired) electrons. The highest BCUT2D eigenvalue weighted by Crippen LogP contribution is 2.18. The number of rotatable bonds is 10. The lowest BCUT2D eigenvalue weighted by molar-refractivity contribution is 0.0258. The number of ether oxygens (including phenoxy) is 1. The van der Waals surface area contributed by atoms with Crippen molar-refractivity contribution in [3.63, 3.8) is 0 Å². The van der Waals surface area contributed by atoms with Gasteiger partial charge in [-0.05, 0) is 50.5 Å². The first-order valence-electron chi connectivity index (χ1n) is 9.75. The van der Waals surface area contributed by atoms with Crippen molar-refractivity contribution in [1.29, 1.82) is 0 Å². The molecule has 0 aliphatic rings. The molecule has 0 amide bonds. The van der Waals surface area contributed by atoms with Gasteiger partial charge in [0.05, 0.1) is 6.10 Å². The van der Waals surface area contributed by atoms with Crippen molar-refractivity contribution >= 4 is 41.5 Å². The van der Waals surface area contributed by atoms with Crippen molar-refractivity contribution in [3.05, 3.63) is 35.2 Å². The van der Waals surface area contributed by atoms with Crippen molar-refractivity contribution in [1.82, 2.24) is 20.8 Å². The van der Waals surface area contributed by atoms with Gasteiger partial charge in [0.15, 0.2) is 5.96 Å². The number of guanidine groups is 1. The molecule has 9 heteroatoms. The first-order valence-corrected chi connectivity index (χ1v) is 10.1. The summed E-state index contributed by atoms with van der Waals surface area (Å²) >= 11 is 5.91. The molecular formula is C20H31ClIN5O2. The zero-order chi connectivity index (χ0) is 20.4. The van der Waals surface area contributed by atoms with Crippen LogP contribution in [0.15, 0.2) is 33.8 Å². The zero-order valence-corrected chi connectivity index (χ0v) is 20.5. The minimum atomic E-state index is 0. The quantitative estimate of drug-likeness (QED) is 0.264. The highest BCUT2D eigenvalue weighted by atomic mass is 127. The lowest BCUT2D eigenvalue weighted by Gasteiger charge is -2.21. The molecule has 1 aromatic carbocycles. The van der Waals surface area contributed by atoms with Crippen LogP contribution in [0.4, 0.5) is 0 Å². The third kappa shape index (κ3) is 8.88. The molecule has 0 spiro atoms. The van der Waals surface area contributed by atoms with Crippen LogP contribution >= 0.6 is 35.6 Å². The van der Waals surface area contributed by atoms with Crippen molar-refractivity contribution < 1.29 is 9.26 Å². The third-order valence-corrected chi connectivity index (χ3v) is 4.38. The topological polar surface area (TPSA) is 84.6 Å². The van der Waals surface area contributed by atoms with Crippen LogP contribution in [-0.4, -0.2) is 41.9 Å². The lowest BCUT2D eigenvalue weighted by Crippen LogP contribution is -2.39. The molecule has 1 heterocycles. The summed E-state index contributed by atoms with van der Waals surface area (Å²) in [4.78, 5) is 8.92. The Morgan fingerprint density at radius 1 is 1.21 bits per heavy atom. The number of nitrogens with zero attached hydrogens (tertiary/aromatic N) is 3. The van der Waals surface area contributed by atoms with Gasteiger partial charge in [-0.15, -0.1) is 24.0 Å². The van der Waals surface area contributed by atoms with Crippen LogP contribution in [0.5, 0.6) is 0 Å². The summed E-state index contributed by atoms with van der Waals surface area (Å²) in [5, 5.41) is 11.2. The molecule has 0 aliphatic carbocycles. The van der Waals surface area contributed by atoms with Crippen molar-refractivity contribution in [2.75, 3.05) is 19.7 Å². The SMILES string of the molecule is CCNC(=NCc1nc(-c2ccc(Cl)cc2)no1)NCCC(OCC)C(C)C.I. The van der Waals surface area contributed by atoms with Gasteiger partial charge in [-0.25, -0.2) is 4.99 Å². The predicted molar refractivity (Wildman–Crippen MR) is 128 cm³/mol. The van der Waals surface area contributed by atoms with E-state index >= 15 is 0 Å². The van der Waals surface area contributed by atoms with Crippen LogP contribution in [0.2, 0.25) is 5.02 Å². The van der Waals surface area contributed by atoms with Gasteiger partial charge in [0.25, 0.3) is 0 Å². The molecule has 0 bridgehead atoms. The number of aromatic nitrogens is 2. The standard InChI is InChI=1S/C20H30ClN5O2.HI/c1-5-22-20(23-12-11-17(14(3)4)27-6-2)24-13-18-25-19(26-28-18)15-7-9-16(21)10-8-15;/h7-10,14,17H,5-6,11-13H2,1-4H3,(H2,22,23,24);1H. The molecule has 2 aromatic rings. The molecule has 1 unspecified atom stereocenters.